The number of H-pyrrole nitrogens is 1. The molecule has 7 nitrogen and oxygen atoms in total. The Morgan fingerprint density at radius 2 is 2.10 bits per heavy atom. The van der Waals surface area contributed by atoms with Crippen molar-refractivity contribution in [1.29, 1.82) is 0 Å². The molecule has 20 heavy (non-hydrogen) atoms. The fourth-order valence-corrected chi connectivity index (χ4v) is 2.18. The van der Waals surface area contributed by atoms with Crippen LogP contribution in [0, 0.1) is 6.92 Å². The number of nitrogens with one attached hydrogen (secondary N) is 2. The van der Waals surface area contributed by atoms with Gasteiger partial charge in [-0.1, -0.05) is 6.92 Å². The van der Waals surface area contributed by atoms with Gasteiger partial charge in [-0.3, -0.25) is 24.5 Å². The lowest BCUT2D eigenvalue weighted by Crippen LogP contribution is -2.59. The maximum absolute atomic E-state index is 12.4. The highest BCUT2D eigenvalue weighted by atomic mass is 16.2. The number of hydrogen-bond acceptors (Lipinski definition) is 4. The number of rotatable bonds is 2. The summed E-state index contributed by atoms with van der Waals surface area (Å²) in [6, 6.07) is 0.570. The average molecular weight is 277 g/mol. The molecular weight excluding hydrogens is 262 g/mol. The molecule has 1 unspecified atom stereocenters. The largest absolute Gasteiger partial charge is 0.364 e. The Labute approximate surface area is 115 Å². The molecule has 0 bridgehead atoms. The minimum Gasteiger partial charge on any atom is -0.364 e. The number of aromatic amines is 1. The SMILES string of the molecule is CCC1C(=O)NC(=O)CN1C(=O)c1c[nH]c(C)cc1=O. The predicted octanol–water partition coefficient (Wildman–Crippen LogP) is -0.439. The quantitative estimate of drug-likeness (QED) is 0.716. The second-order valence-electron chi connectivity index (χ2n) is 4.66. The fourth-order valence-electron chi connectivity index (χ4n) is 2.18. The second-order valence-corrected chi connectivity index (χ2v) is 4.66. The van der Waals surface area contributed by atoms with E-state index in [0.717, 1.165) is 4.90 Å². The molecule has 0 saturated carbocycles. The van der Waals surface area contributed by atoms with E-state index in [1.807, 2.05) is 0 Å². The van der Waals surface area contributed by atoms with E-state index < -0.39 is 29.2 Å². The van der Waals surface area contributed by atoms with Crippen LogP contribution in [0.15, 0.2) is 17.1 Å². The van der Waals surface area contributed by atoms with E-state index in [1.165, 1.54) is 12.3 Å². The van der Waals surface area contributed by atoms with Gasteiger partial charge < -0.3 is 9.88 Å². The van der Waals surface area contributed by atoms with Crippen LogP contribution >= 0.6 is 0 Å². The van der Waals surface area contributed by atoms with E-state index in [4.69, 9.17) is 0 Å². The summed E-state index contributed by atoms with van der Waals surface area (Å²) in [7, 11) is 0. The Bertz CT molecular complexity index is 635. The van der Waals surface area contributed by atoms with Crippen LogP contribution in [0.4, 0.5) is 0 Å². The van der Waals surface area contributed by atoms with E-state index in [0.29, 0.717) is 12.1 Å². The van der Waals surface area contributed by atoms with Crippen molar-refractivity contribution in [1.82, 2.24) is 15.2 Å². The molecule has 2 rings (SSSR count). The molecule has 0 radical (unpaired) electrons. The summed E-state index contributed by atoms with van der Waals surface area (Å²) in [5, 5.41) is 2.18. The molecule has 106 valence electrons. The van der Waals surface area contributed by atoms with E-state index in [2.05, 4.69) is 10.3 Å². The Balaban J connectivity index is 2.37. The van der Waals surface area contributed by atoms with Gasteiger partial charge in [-0.05, 0) is 13.3 Å². The summed E-state index contributed by atoms with van der Waals surface area (Å²) in [4.78, 5) is 51.2. The third kappa shape index (κ3) is 2.47. The van der Waals surface area contributed by atoms with Crippen molar-refractivity contribution >= 4 is 17.7 Å². The zero-order valence-corrected chi connectivity index (χ0v) is 11.2. The smallest absolute Gasteiger partial charge is 0.260 e. The minimum absolute atomic E-state index is 0.0726. The lowest BCUT2D eigenvalue weighted by Gasteiger charge is -2.33. The van der Waals surface area contributed by atoms with Gasteiger partial charge >= 0.3 is 0 Å². The molecule has 1 aliphatic rings. The lowest BCUT2D eigenvalue weighted by molar-refractivity contribution is -0.138. The Morgan fingerprint density at radius 3 is 2.70 bits per heavy atom. The number of carbonyl (C=O) groups excluding carboxylic acids is 3. The number of nitrogens with zero attached hydrogens (tertiary/aromatic N) is 1. The number of amides is 3. The van der Waals surface area contributed by atoms with Crippen molar-refractivity contribution in [3.8, 4) is 0 Å². The minimum atomic E-state index is -0.735. The van der Waals surface area contributed by atoms with Crippen LogP contribution in [0.3, 0.4) is 0 Å². The van der Waals surface area contributed by atoms with Gasteiger partial charge in [0.15, 0.2) is 5.43 Å². The highest BCUT2D eigenvalue weighted by Crippen LogP contribution is 2.12. The first kappa shape index (κ1) is 14.0. The van der Waals surface area contributed by atoms with Crippen LogP contribution in [0.5, 0.6) is 0 Å². The van der Waals surface area contributed by atoms with Crippen LogP contribution in [0.2, 0.25) is 0 Å². The molecule has 7 heteroatoms. The third-order valence-electron chi connectivity index (χ3n) is 3.19. The molecular formula is C13H15N3O4. The monoisotopic (exact) mass is 277 g/mol. The number of pyridine rings is 1. The molecule has 0 spiro atoms. The topological polar surface area (TPSA) is 99.3 Å². The molecule has 1 aliphatic heterocycles. The number of imide groups is 1. The third-order valence-corrected chi connectivity index (χ3v) is 3.19. The van der Waals surface area contributed by atoms with E-state index in [-0.39, 0.29) is 12.1 Å². The van der Waals surface area contributed by atoms with E-state index in [9.17, 15) is 19.2 Å². The summed E-state index contributed by atoms with van der Waals surface area (Å²) < 4.78 is 0. The number of hydrogen-bond donors (Lipinski definition) is 2. The van der Waals surface area contributed by atoms with Crippen LogP contribution in [-0.4, -0.2) is 40.2 Å². The number of carbonyl (C=O) groups is 3. The van der Waals surface area contributed by atoms with Crippen molar-refractivity contribution in [3.63, 3.8) is 0 Å². The molecule has 1 atom stereocenters. The normalized spacial score (nSPS) is 18.9. The van der Waals surface area contributed by atoms with Gasteiger partial charge in [0.25, 0.3) is 5.91 Å². The number of piperazine rings is 1. The van der Waals surface area contributed by atoms with Crippen molar-refractivity contribution in [2.24, 2.45) is 0 Å². The summed E-state index contributed by atoms with van der Waals surface area (Å²) in [6.07, 6.45) is 1.68. The van der Waals surface area contributed by atoms with Crippen molar-refractivity contribution in [2.45, 2.75) is 26.3 Å². The van der Waals surface area contributed by atoms with Crippen molar-refractivity contribution in [3.05, 3.63) is 33.7 Å². The van der Waals surface area contributed by atoms with Crippen LogP contribution in [-0.2, 0) is 9.59 Å². The Kier molecular flexibility index (Phi) is 3.69. The molecule has 1 fully saturated rings. The van der Waals surface area contributed by atoms with Crippen LogP contribution in [0.1, 0.15) is 29.4 Å². The molecule has 1 aromatic heterocycles. The zero-order valence-electron chi connectivity index (χ0n) is 11.2. The molecule has 2 heterocycles. The van der Waals surface area contributed by atoms with Gasteiger partial charge in [-0.25, -0.2) is 0 Å². The summed E-state index contributed by atoms with van der Waals surface area (Å²) >= 11 is 0. The standard InChI is InChI=1S/C13H15N3O4/c1-3-9-12(19)15-11(18)6-16(9)13(20)8-5-14-7(2)4-10(8)17/h4-5,9H,3,6H2,1-2H3,(H,14,17)(H,15,18,19). The van der Waals surface area contributed by atoms with Gasteiger partial charge in [0.2, 0.25) is 11.8 Å². The molecule has 1 aromatic rings. The molecule has 1 saturated heterocycles. The highest BCUT2D eigenvalue weighted by molar-refractivity contribution is 6.07. The maximum Gasteiger partial charge on any atom is 0.260 e. The Hall–Kier alpha value is -2.44. The first-order valence-electron chi connectivity index (χ1n) is 6.28. The van der Waals surface area contributed by atoms with Gasteiger partial charge in [-0.15, -0.1) is 0 Å². The summed E-state index contributed by atoms with van der Waals surface area (Å²) in [5.41, 5.74) is 0.127. The molecule has 0 aromatic carbocycles. The van der Waals surface area contributed by atoms with Gasteiger partial charge in [0.1, 0.15) is 18.2 Å². The maximum atomic E-state index is 12.4. The van der Waals surface area contributed by atoms with Gasteiger partial charge in [0.05, 0.1) is 0 Å². The van der Waals surface area contributed by atoms with E-state index >= 15 is 0 Å². The summed E-state index contributed by atoms with van der Waals surface area (Å²) in [5.74, 6) is -1.67. The molecule has 2 N–H and O–H groups in total. The molecule has 0 aliphatic carbocycles. The highest BCUT2D eigenvalue weighted by Gasteiger charge is 2.36. The zero-order chi connectivity index (χ0) is 14.9. The molecule has 3 amide bonds. The first-order valence-corrected chi connectivity index (χ1v) is 6.28. The average Bonchev–Trinajstić information content (AvgIpc) is 2.37. The Morgan fingerprint density at radius 1 is 1.40 bits per heavy atom. The second kappa shape index (κ2) is 5.28. The van der Waals surface area contributed by atoms with Crippen molar-refractivity contribution < 1.29 is 14.4 Å². The van der Waals surface area contributed by atoms with Crippen LogP contribution in [0.25, 0.3) is 0 Å². The van der Waals surface area contributed by atoms with Gasteiger partial charge in [0, 0.05) is 18.0 Å². The van der Waals surface area contributed by atoms with Crippen LogP contribution < -0.4 is 10.7 Å². The summed E-state index contributed by atoms with van der Waals surface area (Å²) in [6.45, 7) is 3.21. The number of aryl methyl sites for hydroxylation is 1. The lowest BCUT2D eigenvalue weighted by atomic mass is 10.1. The fraction of sp³-hybridized carbons (Fsp3) is 0.385. The predicted molar refractivity (Wildman–Crippen MR) is 70.1 cm³/mol. The van der Waals surface area contributed by atoms with Gasteiger partial charge in [-0.2, -0.15) is 0 Å². The first-order chi connectivity index (χ1) is 9.43. The van der Waals surface area contributed by atoms with Crippen molar-refractivity contribution in [2.75, 3.05) is 6.54 Å². The van der Waals surface area contributed by atoms with E-state index in [1.54, 1.807) is 13.8 Å². The number of aromatic nitrogens is 1.